The molecule has 0 fully saturated rings. The van der Waals surface area contributed by atoms with Gasteiger partial charge in [-0.25, -0.2) is 0 Å². The summed E-state index contributed by atoms with van der Waals surface area (Å²) in [5.41, 5.74) is 3.23. The molecule has 0 saturated heterocycles. The molecule has 178 valence electrons. The van der Waals surface area contributed by atoms with Gasteiger partial charge >= 0.3 is 0 Å². The highest BCUT2D eigenvalue weighted by molar-refractivity contribution is 8.00. The molecule has 9 heteroatoms. The summed E-state index contributed by atoms with van der Waals surface area (Å²) in [4.78, 5) is 36.1. The molecule has 35 heavy (non-hydrogen) atoms. The molecule has 0 aliphatic carbocycles. The van der Waals surface area contributed by atoms with E-state index in [1.54, 1.807) is 0 Å². The molecule has 4 rings (SSSR count). The van der Waals surface area contributed by atoms with Crippen LogP contribution in [0.25, 0.3) is 10.9 Å². The fraction of sp³-hybridized carbons (Fsp3) is 0.154. The van der Waals surface area contributed by atoms with E-state index in [1.807, 2.05) is 61.7 Å². The summed E-state index contributed by atoms with van der Waals surface area (Å²) in [7, 11) is 0. The van der Waals surface area contributed by atoms with E-state index < -0.39 is 4.92 Å². The highest BCUT2D eigenvalue weighted by atomic mass is 32.2. The van der Waals surface area contributed by atoms with Gasteiger partial charge in [-0.3, -0.25) is 19.7 Å². The largest absolute Gasteiger partial charge is 0.350 e. The SMILES string of the molecule is Cc1ccc(C(=O)NCCn2cc(SCC(=O)Nc3ccc([N+](=O)[O-])cc3)c3ccccc32)cc1. The molecule has 0 aliphatic heterocycles. The van der Waals surface area contributed by atoms with Crippen molar-refractivity contribution in [2.45, 2.75) is 18.4 Å². The molecular formula is C26H24N4O4S. The van der Waals surface area contributed by atoms with Gasteiger partial charge in [-0.1, -0.05) is 35.9 Å². The van der Waals surface area contributed by atoms with Gasteiger partial charge in [0.05, 0.1) is 10.7 Å². The number of para-hydroxylation sites is 1. The van der Waals surface area contributed by atoms with Crippen molar-refractivity contribution in [3.8, 4) is 0 Å². The monoisotopic (exact) mass is 488 g/mol. The number of thioether (sulfide) groups is 1. The molecular weight excluding hydrogens is 464 g/mol. The van der Waals surface area contributed by atoms with Crippen molar-refractivity contribution in [1.29, 1.82) is 0 Å². The quantitative estimate of drug-likeness (QED) is 0.195. The van der Waals surface area contributed by atoms with E-state index in [0.717, 1.165) is 21.4 Å². The van der Waals surface area contributed by atoms with Gasteiger partial charge in [0.15, 0.2) is 0 Å². The average Bonchev–Trinajstić information content (AvgIpc) is 3.21. The number of rotatable bonds is 9. The third-order valence-corrected chi connectivity index (χ3v) is 6.47. The minimum atomic E-state index is -0.481. The van der Waals surface area contributed by atoms with Crippen LogP contribution >= 0.6 is 11.8 Å². The molecule has 1 heterocycles. The number of aryl methyl sites for hydroxylation is 1. The molecule has 2 amide bonds. The first-order valence-corrected chi connectivity index (χ1v) is 12.0. The third kappa shape index (κ3) is 6.07. The fourth-order valence-electron chi connectivity index (χ4n) is 3.62. The highest BCUT2D eigenvalue weighted by Crippen LogP contribution is 2.30. The van der Waals surface area contributed by atoms with Crippen LogP contribution in [0, 0.1) is 17.0 Å². The zero-order valence-corrected chi connectivity index (χ0v) is 19.9. The second-order valence-corrected chi connectivity index (χ2v) is 8.98. The molecule has 3 aromatic carbocycles. The topological polar surface area (TPSA) is 106 Å². The molecule has 0 spiro atoms. The number of hydrogen-bond acceptors (Lipinski definition) is 5. The maximum Gasteiger partial charge on any atom is 0.269 e. The number of benzene rings is 3. The molecule has 1 aromatic heterocycles. The molecule has 0 radical (unpaired) electrons. The third-order valence-electron chi connectivity index (χ3n) is 5.42. The van der Waals surface area contributed by atoms with Gasteiger partial charge in [-0.2, -0.15) is 0 Å². The lowest BCUT2D eigenvalue weighted by atomic mass is 10.1. The Morgan fingerprint density at radius 2 is 1.71 bits per heavy atom. The Morgan fingerprint density at radius 3 is 2.43 bits per heavy atom. The lowest BCUT2D eigenvalue weighted by molar-refractivity contribution is -0.384. The smallest absolute Gasteiger partial charge is 0.269 e. The number of amides is 2. The Bertz CT molecular complexity index is 1360. The number of carbonyl (C=O) groups is 2. The predicted octanol–water partition coefficient (Wildman–Crippen LogP) is 5.02. The summed E-state index contributed by atoms with van der Waals surface area (Å²) in [5, 5.41) is 17.5. The van der Waals surface area contributed by atoms with E-state index in [9.17, 15) is 19.7 Å². The number of nitro groups is 1. The number of nitrogens with zero attached hydrogens (tertiary/aromatic N) is 2. The standard InChI is InChI=1S/C26H24N4O4S/c1-18-6-8-19(9-7-18)26(32)27-14-15-29-16-24(22-4-2-3-5-23(22)29)35-17-25(31)28-20-10-12-21(13-11-20)30(33)34/h2-13,16H,14-15,17H2,1H3,(H,27,32)(H,28,31). The van der Waals surface area contributed by atoms with Crippen molar-refractivity contribution in [2.24, 2.45) is 0 Å². The summed E-state index contributed by atoms with van der Waals surface area (Å²) in [6.07, 6.45) is 1.99. The average molecular weight is 489 g/mol. The Morgan fingerprint density at radius 1 is 1.00 bits per heavy atom. The second-order valence-electron chi connectivity index (χ2n) is 7.97. The fourth-order valence-corrected chi connectivity index (χ4v) is 4.51. The summed E-state index contributed by atoms with van der Waals surface area (Å²) in [6.45, 7) is 3.04. The first-order valence-electron chi connectivity index (χ1n) is 11.0. The lowest BCUT2D eigenvalue weighted by Crippen LogP contribution is -2.27. The second kappa shape index (κ2) is 10.9. The van der Waals surface area contributed by atoms with Crippen LogP contribution in [0.5, 0.6) is 0 Å². The van der Waals surface area contributed by atoms with Gasteiger partial charge in [-0.05, 0) is 37.3 Å². The first-order chi connectivity index (χ1) is 16.9. The van der Waals surface area contributed by atoms with Crippen molar-refractivity contribution in [2.75, 3.05) is 17.6 Å². The van der Waals surface area contributed by atoms with Crippen LogP contribution in [-0.4, -0.2) is 33.6 Å². The number of hydrogen-bond donors (Lipinski definition) is 2. The predicted molar refractivity (Wildman–Crippen MR) is 138 cm³/mol. The van der Waals surface area contributed by atoms with E-state index >= 15 is 0 Å². The summed E-state index contributed by atoms with van der Waals surface area (Å²) in [6, 6.07) is 21.1. The van der Waals surface area contributed by atoms with Gasteiger partial charge in [-0.15, -0.1) is 11.8 Å². The minimum Gasteiger partial charge on any atom is -0.350 e. The van der Waals surface area contributed by atoms with E-state index in [2.05, 4.69) is 15.2 Å². The molecule has 4 aromatic rings. The Balaban J connectivity index is 1.36. The molecule has 0 bridgehead atoms. The maximum absolute atomic E-state index is 12.4. The van der Waals surface area contributed by atoms with E-state index in [4.69, 9.17) is 0 Å². The first kappa shape index (κ1) is 24.0. The zero-order chi connectivity index (χ0) is 24.8. The summed E-state index contributed by atoms with van der Waals surface area (Å²) < 4.78 is 2.07. The number of anilines is 1. The molecule has 2 N–H and O–H groups in total. The number of fused-ring (bicyclic) bond motifs is 1. The number of non-ortho nitro benzene ring substituents is 1. The van der Waals surface area contributed by atoms with Crippen LogP contribution in [0.15, 0.2) is 83.9 Å². The molecule has 0 unspecified atom stereocenters. The van der Waals surface area contributed by atoms with Gasteiger partial charge in [0, 0.05) is 58.5 Å². The van der Waals surface area contributed by atoms with Crippen LogP contribution in [0.3, 0.4) is 0 Å². The number of aromatic nitrogens is 1. The molecule has 0 aliphatic rings. The summed E-state index contributed by atoms with van der Waals surface area (Å²) in [5.74, 6) is -0.125. The molecule has 8 nitrogen and oxygen atoms in total. The van der Waals surface area contributed by atoms with E-state index in [1.165, 1.54) is 36.0 Å². The Labute approximate surface area is 206 Å². The zero-order valence-electron chi connectivity index (χ0n) is 19.1. The maximum atomic E-state index is 12.4. The van der Waals surface area contributed by atoms with Crippen LogP contribution < -0.4 is 10.6 Å². The van der Waals surface area contributed by atoms with E-state index in [-0.39, 0.29) is 23.3 Å². The number of carbonyl (C=O) groups excluding carboxylic acids is 2. The molecule has 0 saturated carbocycles. The van der Waals surface area contributed by atoms with Crippen molar-refractivity contribution in [1.82, 2.24) is 9.88 Å². The normalized spacial score (nSPS) is 10.8. The Hall–Kier alpha value is -4.11. The van der Waals surface area contributed by atoms with Crippen LogP contribution in [-0.2, 0) is 11.3 Å². The lowest BCUT2D eigenvalue weighted by Gasteiger charge is -2.08. The van der Waals surface area contributed by atoms with Gasteiger partial charge < -0.3 is 15.2 Å². The highest BCUT2D eigenvalue weighted by Gasteiger charge is 2.12. The van der Waals surface area contributed by atoms with Gasteiger partial charge in [0.2, 0.25) is 5.91 Å². The van der Waals surface area contributed by atoms with E-state index in [0.29, 0.717) is 24.3 Å². The van der Waals surface area contributed by atoms with Crippen LogP contribution in [0.2, 0.25) is 0 Å². The van der Waals surface area contributed by atoms with Crippen LogP contribution in [0.4, 0.5) is 11.4 Å². The molecule has 0 atom stereocenters. The van der Waals surface area contributed by atoms with Gasteiger partial charge in [0.1, 0.15) is 0 Å². The van der Waals surface area contributed by atoms with Crippen molar-refractivity contribution in [3.63, 3.8) is 0 Å². The number of nitro benzene ring substituents is 1. The minimum absolute atomic E-state index is 0.0276. The van der Waals surface area contributed by atoms with Crippen molar-refractivity contribution >= 4 is 45.9 Å². The number of nitrogens with one attached hydrogen (secondary N) is 2. The van der Waals surface area contributed by atoms with Gasteiger partial charge in [0.25, 0.3) is 11.6 Å². The Kier molecular flexibility index (Phi) is 7.47. The summed E-state index contributed by atoms with van der Waals surface area (Å²) >= 11 is 1.42. The van der Waals surface area contributed by atoms with Crippen LogP contribution in [0.1, 0.15) is 15.9 Å². The van der Waals surface area contributed by atoms with Crippen molar-refractivity contribution in [3.05, 3.63) is 100 Å². The van der Waals surface area contributed by atoms with Crippen molar-refractivity contribution < 1.29 is 14.5 Å².